The topological polar surface area (TPSA) is 44.7 Å². The van der Waals surface area contributed by atoms with Gasteiger partial charge in [0.25, 0.3) is 0 Å². The van der Waals surface area contributed by atoms with Crippen LogP contribution in [-0.4, -0.2) is 36.3 Å². The molecule has 0 aliphatic carbocycles. The summed E-state index contributed by atoms with van der Waals surface area (Å²) in [5.74, 6) is -0.282. The van der Waals surface area contributed by atoms with Gasteiger partial charge < -0.3 is 24.0 Å². The first-order chi connectivity index (χ1) is 15.3. The normalized spacial score (nSPS) is 22.2. The summed E-state index contributed by atoms with van der Waals surface area (Å²) >= 11 is 18.8. The average Bonchev–Trinajstić information content (AvgIpc) is 2.93. The molecule has 2 atom stereocenters. The number of halogens is 4. The summed E-state index contributed by atoms with van der Waals surface area (Å²) in [4.78, 5) is 13.4. The highest BCUT2D eigenvalue weighted by atomic mass is 127. The van der Waals surface area contributed by atoms with Crippen LogP contribution in [0.5, 0.6) is 0 Å². The van der Waals surface area contributed by atoms with Gasteiger partial charge in [-0.05, 0) is 61.6 Å². The lowest BCUT2D eigenvalue weighted by Crippen LogP contribution is -3.00. The third kappa shape index (κ3) is 5.96. The maximum atomic E-state index is 13.4. The van der Waals surface area contributed by atoms with E-state index in [0.717, 1.165) is 31.5 Å². The van der Waals surface area contributed by atoms with E-state index in [0.29, 0.717) is 31.1 Å². The van der Waals surface area contributed by atoms with Gasteiger partial charge in [-0.25, -0.2) is 4.59 Å². The fourth-order valence-corrected chi connectivity index (χ4v) is 5.27. The Morgan fingerprint density at radius 3 is 2.21 bits per heavy atom. The maximum Gasteiger partial charge on any atom is 0.312 e. The number of rotatable bonds is 4. The van der Waals surface area contributed by atoms with Crippen LogP contribution in [0.15, 0.2) is 47.6 Å². The molecule has 2 aromatic carbocycles. The Labute approximate surface area is 227 Å². The highest BCUT2D eigenvalue weighted by Gasteiger charge is 2.42. The van der Waals surface area contributed by atoms with E-state index in [1.807, 2.05) is 42.3 Å². The summed E-state index contributed by atoms with van der Waals surface area (Å²) in [5, 5.41) is 8.33. The number of carbonyl (C=O) groups is 1. The number of anilines is 1. The van der Waals surface area contributed by atoms with Crippen LogP contribution in [0.1, 0.15) is 44.2 Å². The molecule has 0 radical (unpaired) electrons. The predicted octanol–water partition coefficient (Wildman–Crippen LogP) is 3.26. The van der Waals surface area contributed by atoms with E-state index in [1.165, 1.54) is 12.8 Å². The lowest BCUT2D eigenvalue weighted by molar-refractivity contribution is -0.942. The molecule has 1 saturated heterocycles. The van der Waals surface area contributed by atoms with Crippen LogP contribution in [-0.2, 0) is 4.79 Å². The molecular formula is C24H28Cl3IN4O. The molecule has 2 aromatic rings. The van der Waals surface area contributed by atoms with Crippen molar-refractivity contribution in [2.45, 2.75) is 38.6 Å². The molecule has 5 nitrogen and oxygen atoms in total. The number of benzene rings is 2. The fraction of sp³-hybridized carbons (Fsp3) is 0.417. The Bertz CT molecular complexity index is 1020. The second kappa shape index (κ2) is 11.1. The van der Waals surface area contributed by atoms with Gasteiger partial charge >= 0.3 is 5.91 Å². The molecule has 4 rings (SSSR count). The Balaban J connectivity index is 0.00000306. The summed E-state index contributed by atoms with van der Waals surface area (Å²) in [6.45, 7) is 3.89. The smallest absolute Gasteiger partial charge is 0.312 e. The molecule has 0 unspecified atom stereocenters. The van der Waals surface area contributed by atoms with Crippen molar-refractivity contribution in [3.8, 4) is 0 Å². The Morgan fingerprint density at radius 2 is 1.61 bits per heavy atom. The summed E-state index contributed by atoms with van der Waals surface area (Å²) in [5.41, 5.74) is 5.47. The van der Waals surface area contributed by atoms with Crippen LogP contribution in [0.3, 0.4) is 0 Å². The quantitative estimate of drug-likeness (QED) is 0.421. The van der Waals surface area contributed by atoms with Gasteiger partial charge in [0.15, 0.2) is 0 Å². The highest BCUT2D eigenvalue weighted by Crippen LogP contribution is 2.42. The van der Waals surface area contributed by atoms with Gasteiger partial charge in [-0.1, -0.05) is 53.9 Å². The van der Waals surface area contributed by atoms with Gasteiger partial charge in [-0.2, -0.15) is 10.5 Å². The number of amides is 1. The molecule has 9 heteroatoms. The minimum atomic E-state index is -0.193. The molecule has 33 heavy (non-hydrogen) atoms. The molecule has 0 saturated carbocycles. The molecule has 0 bridgehead atoms. The monoisotopic (exact) mass is 620 g/mol. The summed E-state index contributed by atoms with van der Waals surface area (Å²) < 4.78 is 0.540. The molecule has 1 fully saturated rings. The zero-order valence-electron chi connectivity index (χ0n) is 18.7. The number of nitrogens with zero attached hydrogens (tertiary/aromatic N) is 3. The van der Waals surface area contributed by atoms with Crippen LogP contribution in [0.2, 0.25) is 15.1 Å². The van der Waals surface area contributed by atoms with Crippen molar-refractivity contribution < 1.29 is 33.4 Å². The van der Waals surface area contributed by atoms with E-state index in [1.54, 1.807) is 12.1 Å². The van der Waals surface area contributed by atoms with Crippen molar-refractivity contribution in [2.75, 3.05) is 25.1 Å². The van der Waals surface area contributed by atoms with E-state index in [2.05, 4.69) is 12.5 Å². The minimum absolute atomic E-state index is 0. The van der Waals surface area contributed by atoms with Gasteiger partial charge in [-0.15, -0.1) is 0 Å². The SMILES string of the molecule is C[C@@H]1C(C(=O)N[N+]2(C)CCCCCC2)=NN(c2ccc(Cl)cc2Cl)[C@@H]1c1ccc(Cl)cc1.[I-]. The van der Waals surface area contributed by atoms with Crippen LogP contribution in [0.4, 0.5) is 5.69 Å². The second-order valence-corrected chi connectivity index (χ2v) is 10.2. The number of likely N-dealkylation sites (tertiary alicyclic amines) is 1. The molecule has 178 valence electrons. The van der Waals surface area contributed by atoms with Crippen LogP contribution in [0, 0.1) is 5.92 Å². The molecular weight excluding hydrogens is 594 g/mol. The molecule has 2 aliphatic heterocycles. The van der Waals surface area contributed by atoms with Gasteiger partial charge in [0, 0.05) is 16.0 Å². The lowest BCUT2D eigenvalue weighted by Gasteiger charge is -2.32. The first-order valence-electron chi connectivity index (χ1n) is 11.0. The van der Waals surface area contributed by atoms with Crippen molar-refractivity contribution in [3.05, 3.63) is 63.1 Å². The fourth-order valence-electron chi connectivity index (χ4n) is 4.64. The minimum Gasteiger partial charge on any atom is -1.00 e. The van der Waals surface area contributed by atoms with E-state index in [4.69, 9.17) is 39.9 Å². The van der Waals surface area contributed by atoms with E-state index in [-0.39, 0.29) is 41.8 Å². The predicted molar refractivity (Wildman–Crippen MR) is 132 cm³/mol. The van der Waals surface area contributed by atoms with Crippen molar-refractivity contribution >= 4 is 52.1 Å². The summed E-state index contributed by atoms with van der Waals surface area (Å²) in [6.07, 6.45) is 4.64. The van der Waals surface area contributed by atoms with Crippen molar-refractivity contribution in [2.24, 2.45) is 11.0 Å². The van der Waals surface area contributed by atoms with Crippen molar-refractivity contribution in [1.82, 2.24) is 5.43 Å². The van der Waals surface area contributed by atoms with Crippen LogP contribution >= 0.6 is 34.8 Å². The number of carbonyl (C=O) groups excluding carboxylic acids is 1. The third-order valence-corrected chi connectivity index (χ3v) is 7.20. The van der Waals surface area contributed by atoms with Gasteiger partial charge in [0.05, 0.1) is 23.8 Å². The molecule has 0 aromatic heterocycles. The highest BCUT2D eigenvalue weighted by molar-refractivity contribution is 6.40. The number of hydrogen-bond acceptors (Lipinski definition) is 3. The van der Waals surface area contributed by atoms with E-state index >= 15 is 0 Å². The van der Waals surface area contributed by atoms with Crippen molar-refractivity contribution in [1.29, 1.82) is 0 Å². The Kier molecular flexibility index (Phi) is 8.94. The van der Waals surface area contributed by atoms with E-state index < -0.39 is 0 Å². The molecule has 1 N–H and O–H groups in total. The number of hydrazone groups is 1. The number of hydrogen-bond donors (Lipinski definition) is 1. The molecule has 0 spiro atoms. The molecule has 2 aliphatic rings. The van der Waals surface area contributed by atoms with Crippen LogP contribution in [0.25, 0.3) is 0 Å². The number of quaternary nitrogens is 1. The Morgan fingerprint density at radius 1 is 1.00 bits per heavy atom. The largest absolute Gasteiger partial charge is 1.00 e. The second-order valence-electron chi connectivity index (χ2n) is 8.91. The summed E-state index contributed by atoms with van der Waals surface area (Å²) in [7, 11) is 2.09. The lowest BCUT2D eigenvalue weighted by atomic mass is 9.91. The zero-order valence-corrected chi connectivity index (χ0v) is 23.1. The maximum absolute atomic E-state index is 13.4. The standard InChI is InChI=1S/C24H27Cl3N4O.HI/c1-16-22(24(32)29-31(2)13-5-3-4-6-14-31)28-30(21-12-11-19(26)15-20(21)27)23(16)17-7-9-18(25)10-8-17;/h7-12,15-16,23H,3-6,13-14H2,1-2H3;1H/t16-,23+;/m1./s1. The molecule has 2 heterocycles. The van der Waals surface area contributed by atoms with Gasteiger partial charge in [0.2, 0.25) is 0 Å². The van der Waals surface area contributed by atoms with Crippen molar-refractivity contribution in [3.63, 3.8) is 0 Å². The zero-order chi connectivity index (χ0) is 22.9. The first kappa shape index (κ1) is 26.5. The molecule has 1 amide bonds. The first-order valence-corrected chi connectivity index (χ1v) is 12.2. The van der Waals surface area contributed by atoms with E-state index in [9.17, 15) is 4.79 Å². The van der Waals surface area contributed by atoms with Gasteiger partial charge in [0.1, 0.15) is 18.8 Å². The Hall–Kier alpha value is -1.06. The summed E-state index contributed by atoms with van der Waals surface area (Å²) in [6, 6.07) is 12.8. The number of nitrogens with one attached hydrogen (secondary N) is 1. The van der Waals surface area contributed by atoms with Gasteiger partial charge in [-0.3, -0.25) is 9.80 Å². The van der Waals surface area contributed by atoms with Crippen LogP contribution < -0.4 is 34.4 Å². The third-order valence-electron chi connectivity index (χ3n) is 6.41. The average molecular weight is 622 g/mol.